The van der Waals surface area contributed by atoms with Gasteiger partial charge in [0.25, 0.3) is 0 Å². The highest BCUT2D eigenvalue weighted by Crippen LogP contribution is 2.17. The molecule has 0 spiro atoms. The fraction of sp³-hybridized carbons (Fsp3) is 0.500. The maximum Gasteiger partial charge on any atom is 0.239 e. The van der Waals surface area contributed by atoms with Crippen molar-refractivity contribution in [2.75, 3.05) is 22.6 Å². The van der Waals surface area contributed by atoms with Gasteiger partial charge >= 0.3 is 0 Å². The van der Waals surface area contributed by atoms with Crippen molar-refractivity contribution in [2.45, 2.75) is 27.2 Å². The average Bonchev–Trinajstić information content (AvgIpc) is 2.31. The summed E-state index contributed by atoms with van der Waals surface area (Å²) in [5.74, 6) is -0.897. The lowest BCUT2D eigenvalue weighted by Crippen LogP contribution is -2.27. The topological polar surface area (TPSA) is 89.3 Å². The van der Waals surface area contributed by atoms with Crippen LogP contribution in [0.5, 0.6) is 0 Å². The van der Waals surface area contributed by atoms with Crippen molar-refractivity contribution in [1.29, 1.82) is 0 Å². The second kappa shape index (κ2) is 6.74. The smallest absolute Gasteiger partial charge is 0.239 e. The first-order chi connectivity index (χ1) is 9.23. The molecular formula is C14H22N2O3S. The van der Waals surface area contributed by atoms with Crippen LogP contribution in [0.2, 0.25) is 0 Å². The second-order valence-electron chi connectivity index (χ2n) is 5.19. The van der Waals surface area contributed by atoms with Crippen LogP contribution in [0.1, 0.15) is 25.8 Å². The summed E-state index contributed by atoms with van der Waals surface area (Å²) in [5.41, 5.74) is 7.61. The minimum Gasteiger partial charge on any atom is -0.399 e. The van der Waals surface area contributed by atoms with E-state index in [0.717, 1.165) is 12.0 Å². The minimum atomic E-state index is -3.37. The molecule has 1 unspecified atom stereocenters. The van der Waals surface area contributed by atoms with Crippen molar-refractivity contribution in [1.82, 2.24) is 0 Å². The lowest BCUT2D eigenvalue weighted by atomic mass is 10.2. The molecule has 0 aliphatic rings. The predicted molar refractivity (Wildman–Crippen MR) is 82.3 cm³/mol. The molecule has 3 N–H and O–H groups in total. The average molecular weight is 298 g/mol. The molecule has 20 heavy (non-hydrogen) atoms. The van der Waals surface area contributed by atoms with E-state index in [1.165, 1.54) is 0 Å². The van der Waals surface area contributed by atoms with Gasteiger partial charge in [0.1, 0.15) is 5.75 Å². The van der Waals surface area contributed by atoms with E-state index in [1.54, 1.807) is 25.1 Å². The Bertz CT molecular complexity index is 582. The number of benzene rings is 1. The molecule has 0 saturated carbocycles. The maximum absolute atomic E-state index is 11.9. The molecule has 1 rings (SSSR count). The number of nitrogen functional groups attached to an aromatic ring is 1. The number of anilines is 2. The van der Waals surface area contributed by atoms with Gasteiger partial charge in [0.05, 0.1) is 5.75 Å². The van der Waals surface area contributed by atoms with Crippen LogP contribution in [0.15, 0.2) is 18.2 Å². The van der Waals surface area contributed by atoms with E-state index in [0.29, 0.717) is 11.4 Å². The quantitative estimate of drug-likeness (QED) is 0.786. The van der Waals surface area contributed by atoms with Gasteiger partial charge in [-0.3, -0.25) is 4.79 Å². The Morgan fingerprint density at radius 2 is 2.05 bits per heavy atom. The van der Waals surface area contributed by atoms with Crippen molar-refractivity contribution >= 4 is 27.1 Å². The molecule has 1 aromatic carbocycles. The van der Waals surface area contributed by atoms with Crippen molar-refractivity contribution < 1.29 is 13.2 Å². The summed E-state index contributed by atoms with van der Waals surface area (Å²) in [6.45, 7) is 5.59. The molecular weight excluding hydrogens is 276 g/mol. The summed E-state index contributed by atoms with van der Waals surface area (Å²) in [6, 6.07) is 5.06. The number of aryl methyl sites for hydroxylation is 1. The summed E-state index contributed by atoms with van der Waals surface area (Å²) >= 11 is 0. The van der Waals surface area contributed by atoms with E-state index in [2.05, 4.69) is 5.32 Å². The number of amides is 1. The van der Waals surface area contributed by atoms with E-state index in [4.69, 9.17) is 5.73 Å². The molecule has 1 aromatic rings. The molecule has 0 aliphatic heterocycles. The SMILES string of the molecule is CCC(C)CS(=O)(=O)CC(=O)Nc1ccc(N)cc1C. The zero-order valence-electron chi connectivity index (χ0n) is 12.1. The summed E-state index contributed by atoms with van der Waals surface area (Å²) in [4.78, 5) is 11.8. The first-order valence-electron chi connectivity index (χ1n) is 6.60. The lowest BCUT2D eigenvalue weighted by molar-refractivity contribution is -0.113. The summed E-state index contributed by atoms with van der Waals surface area (Å²) in [5, 5.41) is 2.61. The Kier molecular flexibility index (Phi) is 5.56. The molecule has 0 bridgehead atoms. The molecule has 1 atom stereocenters. The van der Waals surface area contributed by atoms with E-state index < -0.39 is 21.5 Å². The maximum atomic E-state index is 11.9. The van der Waals surface area contributed by atoms with Crippen LogP contribution in [0, 0.1) is 12.8 Å². The third kappa shape index (κ3) is 5.21. The van der Waals surface area contributed by atoms with Crippen molar-refractivity contribution in [3.63, 3.8) is 0 Å². The normalized spacial score (nSPS) is 12.9. The van der Waals surface area contributed by atoms with Crippen molar-refractivity contribution in [2.24, 2.45) is 5.92 Å². The van der Waals surface area contributed by atoms with Crippen molar-refractivity contribution in [3.8, 4) is 0 Å². The van der Waals surface area contributed by atoms with E-state index in [1.807, 2.05) is 13.8 Å². The number of carbonyl (C=O) groups is 1. The molecule has 5 nitrogen and oxygen atoms in total. The van der Waals surface area contributed by atoms with Gasteiger partial charge in [-0.1, -0.05) is 20.3 Å². The van der Waals surface area contributed by atoms with Gasteiger partial charge in [-0.05, 0) is 36.6 Å². The second-order valence-corrected chi connectivity index (χ2v) is 7.30. The molecule has 0 radical (unpaired) electrons. The highest BCUT2D eigenvalue weighted by Gasteiger charge is 2.19. The number of carbonyl (C=O) groups excluding carboxylic acids is 1. The third-order valence-electron chi connectivity index (χ3n) is 3.11. The van der Waals surface area contributed by atoms with Crippen LogP contribution >= 0.6 is 0 Å². The first kappa shape index (κ1) is 16.5. The number of hydrogen-bond acceptors (Lipinski definition) is 4. The summed E-state index contributed by atoms with van der Waals surface area (Å²) in [6.07, 6.45) is 0.776. The molecule has 0 aromatic heterocycles. The Hall–Kier alpha value is -1.56. The van der Waals surface area contributed by atoms with Crippen molar-refractivity contribution in [3.05, 3.63) is 23.8 Å². The lowest BCUT2D eigenvalue weighted by Gasteiger charge is -2.11. The molecule has 1 amide bonds. The van der Waals surface area contributed by atoms with Crippen LogP contribution < -0.4 is 11.1 Å². The fourth-order valence-corrected chi connectivity index (χ4v) is 3.52. The molecule has 0 heterocycles. The van der Waals surface area contributed by atoms with Crippen LogP contribution in [-0.2, 0) is 14.6 Å². The van der Waals surface area contributed by atoms with E-state index in [9.17, 15) is 13.2 Å². The van der Waals surface area contributed by atoms with Crippen LogP contribution in [-0.4, -0.2) is 25.8 Å². The Labute approximate surface area is 120 Å². The van der Waals surface area contributed by atoms with Gasteiger partial charge in [0, 0.05) is 11.4 Å². The zero-order chi connectivity index (χ0) is 15.3. The predicted octanol–water partition coefficient (Wildman–Crippen LogP) is 1.98. The summed E-state index contributed by atoms with van der Waals surface area (Å²) < 4.78 is 23.7. The van der Waals surface area contributed by atoms with Gasteiger partial charge < -0.3 is 11.1 Å². The van der Waals surface area contributed by atoms with E-state index in [-0.39, 0.29) is 11.7 Å². The fourth-order valence-electron chi connectivity index (χ4n) is 1.82. The van der Waals surface area contributed by atoms with Gasteiger partial charge in [0.15, 0.2) is 9.84 Å². The van der Waals surface area contributed by atoms with Gasteiger partial charge in [0.2, 0.25) is 5.91 Å². The molecule has 112 valence electrons. The van der Waals surface area contributed by atoms with Crippen LogP contribution in [0.25, 0.3) is 0 Å². The van der Waals surface area contributed by atoms with Crippen LogP contribution in [0.4, 0.5) is 11.4 Å². The van der Waals surface area contributed by atoms with Crippen LogP contribution in [0.3, 0.4) is 0 Å². The highest BCUT2D eigenvalue weighted by atomic mass is 32.2. The van der Waals surface area contributed by atoms with Gasteiger partial charge in [-0.15, -0.1) is 0 Å². The first-order valence-corrected chi connectivity index (χ1v) is 8.42. The minimum absolute atomic E-state index is 0.0393. The monoisotopic (exact) mass is 298 g/mol. The van der Waals surface area contributed by atoms with Gasteiger partial charge in [-0.2, -0.15) is 0 Å². The molecule has 0 fully saturated rings. The Balaban J connectivity index is 2.68. The number of nitrogens with one attached hydrogen (secondary N) is 1. The largest absolute Gasteiger partial charge is 0.399 e. The highest BCUT2D eigenvalue weighted by molar-refractivity contribution is 7.92. The third-order valence-corrected chi connectivity index (χ3v) is 4.89. The standard InChI is InChI=1S/C14H22N2O3S/c1-4-10(2)8-20(18,19)9-14(17)16-13-6-5-12(15)7-11(13)3/h5-7,10H,4,8-9,15H2,1-3H3,(H,16,17). The van der Waals surface area contributed by atoms with E-state index >= 15 is 0 Å². The molecule has 0 aliphatic carbocycles. The zero-order valence-corrected chi connectivity index (χ0v) is 13.0. The van der Waals surface area contributed by atoms with Gasteiger partial charge in [-0.25, -0.2) is 8.42 Å². The number of nitrogens with two attached hydrogens (primary N) is 1. The number of hydrogen-bond donors (Lipinski definition) is 2. The Morgan fingerprint density at radius 3 is 2.60 bits per heavy atom. The molecule has 6 heteroatoms. The number of sulfone groups is 1. The number of rotatable bonds is 6. The molecule has 0 saturated heterocycles. The summed E-state index contributed by atoms with van der Waals surface area (Å²) in [7, 11) is -3.37. The Morgan fingerprint density at radius 1 is 1.40 bits per heavy atom.